The number of carbonyl (C=O) groups excluding carboxylic acids is 1. The van der Waals surface area contributed by atoms with Crippen molar-refractivity contribution in [2.45, 2.75) is 4.90 Å². The van der Waals surface area contributed by atoms with Crippen molar-refractivity contribution in [2.24, 2.45) is 0 Å². The Bertz CT molecular complexity index is 510. The summed E-state index contributed by atoms with van der Waals surface area (Å²) in [5.74, 6) is 0.198. The minimum atomic E-state index is -0.00672. The molecule has 3 rings (SSSR count). The number of thioether (sulfide) groups is 1. The van der Waals surface area contributed by atoms with Crippen LogP contribution in [0.4, 0.5) is 5.69 Å². The lowest BCUT2D eigenvalue weighted by atomic mass is 10.2. The van der Waals surface area contributed by atoms with Gasteiger partial charge in [-0.05, 0) is 18.2 Å². The molecule has 0 aromatic heterocycles. The molecule has 1 aromatic rings. The molecule has 2 aliphatic heterocycles. The maximum Gasteiger partial charge on any atom is 0.196 e. The van der Waals surface area contributed by atoms with Gasteiger partial charge in [0.05, 0.1) is 22.9 Å². The lowest BCUT2D eigenvalue weighted by molar-refractivity contribution is -0.120. The summed E-state index contributed by atoms with van der Waals surface area (Å²) in [6.45, 7) is 0.579. The van der Waals surface area contributed by atoms with Crippen LogP contribution in [-0.2, 0) is 9.53 Å². The number of hydrogen-bond acceptors (Lipinski definition) is 5. The third-order valence-electron chi connectivity index (χ3n) is 2.47. The minimum absolute atomic E-state index is 0.00672. The molecule has 0 saturated carbocycles. The Labute approximate surface area is 96.3 Å². The summed E-state index contributed by atoms with van der Waals surface area (Å²) in [6, 6.07) is 5.06. The summed E-state index contributed by atoms with van der Waals surface area (Å²) in [7, 11) is 0. The number of carbonyl (C=O) groups is 1. The normalized spacial score (nSPS) is 18.9. The number of ketones is 1. The van der Waals surface area contributed by atoms with E-state index in [1.807, 2.05) is 0 Å². The van der Waals surface area contributed by atoms with Crippen LogP contribution in [0.5, 0.6) is 5.75 Å². The van der Waals surface area contributed by atoms with Crippen molar-refractivity contribution in [1.82, 2.24) is 0 Å². The second kappa shape index (κ2) is 3.54. The van der Waals surface area contributed by atoms with Crippen molar-refractivity contribution in [3.63, 3.8) is 0 Å². The van der Waals surface area contributed by atoms with Gasteiger partial charge in [-0.3, -0.25) is 4.79 Å². The molecule has 5 heteroatoms. The van der Waals surface area contributed by atoms with Gasteiger partial charge in [-0.25, -0.2) is 0 Å². The maximum absolute atomic E-state index is 11.6. The predicted octanol–water partition coefficient (Wildman–Crippen LogP) is 1.72. The smallest absolute Gasteiger partial charge is 0.196 e. The van der Waals surface area contributed by atoms with Gasteiger partial charge in [0, 0.05) is 4.90 Å². The molecule has 0 amide bonds. The first-order chi connectivity index (χ1) is 7.74. The van der Waals surface area contributed by atoms with E-state index in [2.05, 4.69) is 5.32 Å². The Morgan fingerprint density at radius 2 is 2.25 bits per heavy atom. The molecule has 0 saturated heterocycles. The summed E-state index contributed by atoms with van der Waals surface area (Å²) in [5, 5.41) is 12.5. The van der Waals surface area contributed by atoms with E-state index >= 15 is 0 Å². The zero-order valence-electron chi connectivity index (χ0n) is 8.32. The molecule has 0 radical (unpaired) electrons. The predicted molar refractivity (Wildman–Crippen MR) is 60.4 cm³/mol. The molecule has 2 N–H and O–H groups in total. The Hall–Kier alpha value is -1.46. The van der Waals surface area contributed by atoms with E-state index in [-0.39, 0.29) is 18.1 Å². The average molecular weight is 235 g/mol. The molecule has 1 aromatic carbocycles. The molecule has 82 valence electrons. The van der Waals surface area contributed by atoms with Crippen molar-refractivity contribution >= 4 is 23.2 Å². The van der Waals surface area contributed by atoms with Crippen LogP contribution in [0.25, 0.3) is 0 Å². The van der Waals surface area contributed by atoms with E-state index in [4.69, 9.17) is 4.74 Å². The van der Waals surface area contributed by atoms with Crippen LogP contribution < -0.4 is 5.32 Å². The molecule has 4 nitrogen and oxygen atoms in total. The molecular formula is C11H9NO3S. The highest BCUT2D eigenvalue weighted by Crippen LogP contribution is 2.42. The first-order valence-electron chi connectivity index (χ1n) is 4.86. The van der Waals surface area contributed by atoms with E-state index in [0.29, 0.717) is 11.5 Å². The van der Waals surface area contributed by atoms with Gasteiger partial charge < -0.3 is 15.2 Å². The molecule has 0 bridgehead atoms. The van der Waals surface area contributed by atoms with Gasteiger partial charge in [0.2, 0.25) is 0 Å². The van der Waals surface area contributed by atoms with Gasteiger partial charge in [0.15, 0.2) is 5.78 Å². The van der Waals surface area contributed by atoms with Gasteiger partial charge >= 0.3 is 0 Å². The highest BCUT2D eigenvalue weighted by atomic mass is 32.2. The first kappa shape index (κ1) is 9.74. The SMILES string of the molecule is O=C1COCC2=C1Sc1cc(O)ccc1N2. The number of ether oxygens (including phenoxy) is 1. The van der Waals surface area contributed by atoms with Crippen molar-refractivity contribution < 1.29 is 14.6 Å². The third kappa shape index (κ3) is 1.48. The lowest BCUT2D eigenvalue weighted by Crippen LogP contribution is -2.25. The number of aromatic hydroxyl groups is 1. The second-order valence-electron chi connectivity index (χ2n) is 3.63. The van der Waals surface area contributed by atoms with Crippen LogP contribution in [0.15, 0.2) is 33.7 Å². The number of hydrogen-bond donors (Lipinski definition) is 2. The Morgan fingerprint density at radius 1 is 1.38 bits per heavy atom. The summed E-state index contributed by atoms with van der Waals surface area (Å²) in [4.78, 5) is 13.2. The fraction of sp³-hybridized carbons (Fsp3) is 0.182. The van der Waals surface area contributed by atoms with Crippen LogP contribution in [0.1, 0.15) is 0 Å². The number of Topliss-reactive ketones (excluding diaryl/α,β-unsaturated/α-hetero) is 1. The maximum atomic E-state index is 11.6. The molecular weight excluding hydrogens is 226 g/mol. The van der Waals surface area contributed by atoms with Crippen LogP contribution in [-0.4, -0.2) is 24.1 Å². The minimum Gasteiger partial charge on any atom is -0.508 e. The zero-order valence-corrected chi connectivity index (χ0v) is 9.13. The number of fused-ring (bicyclic) bond motifs is 1. The third-order valence-corrected chi connectivity index (χ3v) is 3.71. The molecule has 0 atom stereocenters. The standard InChI is InChI=1S/C11H9NO3S/c13-6-1-2-7-10(3-6)16-11-8(12-7)4-15-5-9(11)14/h1-3,12-13H,4-5H2. The first-order valence-corrected chi connectivity index (χ1v) is 5.67. The number of rotatable bonds is 0. The lowest BCUT2D eigenvalue weighted by Gasteiger charge is -2.26. The topological polar surface area (TPSA) is 58.6 Å². The van der Waals surface area contributed by atoms with Gasteiger partial charge in [-0.15, -0.1) is 0 Å². The van der Waals surface area contributed by atoms with Gasteiger partial charge in [0.25, 0.3) is 0 Å². The van der Waals surface area contributed by atoms with Gasteiger partial charge in [-0.1, -0.05) is 11.8 Å². The van der Waals surface area contributed by atoms with E-state index in [1.165, 1.54) is 11.8 Å². The van der Waals surface area contributed by atoms with E-state index in [0.717, 1.165) is 16.3 Å². The van der Waals surface area contributed by atoms with Crippen LogP contribution in [0.3, 0.4) is 0 Å². The van der Waals surface area contributed by atoms with Crippen LogP contribution >= 0.6 is 11.8 Å². The van der Waals surface area contributed by atoms with E-state index < -0.39 is 0 Å². The molecule has 0 fully saturated rings. The Morgan fingerprint density at radius 3 is 3.12 bits per heavy atom. The van der Waals surface area contributed by atoms with E-state index in [9.17, 15) is 9.90 Å². The monoisotopic (exact) mass is 235 g/mol. The van der Waals surface area contributed by atoms with Crippen molar-refractivity contribution in [2.75, 3.05) is 18.5 Å². The molecule has 0 spiro atoms. The van der Waals surface area contributed by atoms with Crippen molar-refractivity contribution in [1.29, 1.82) is 0 Å². The summed E-state index contributed by atoms with van der Waals surface area (Å²) in [5.41, 5.74) is 1.72. The largest absolute Gasteiger partial charge is 0.508 e. The number of phenolic OH excluding ortho intramolecular Hbond substituents is 1. The molecule has 2 heterocycles. The highest BCUT2D eigenvalue weighted by Gasteiger charge is 2.27. The van der Waals surface area contributed by atoms with Gasteiger partial charge in [-0.2, -0.15) is 0 Å². The number of nitrogens with one attached hydrogen (secondary N) is 1. The van der Waals surface area contributed by atoms with Gasteiger partial charge in [0.1, 0.15) is 12.4 Å². The summed E-state index contributed by atoms with van der Waals surface area (Å²) < 4.78 is 5.16. The van der Waals surface area contributed by atoms with Crippen molar-refractivity contribution in [3.05, 3.63) is 28.8 Å². The number of anilines is 1. The van der Waals surface area contributed by atoms with Crippen LogP contribution in [0.2, 0.25) is 0 Å². The summed E-state index contributed by atoms with van der Waals surface area (Å²) in [6.07, 6.45) is 0. The quantitative estimate of drug-likeness (QED) is 0.670. The molecule has 0 unspecified atom stereocenters. The van der Waals surface area contributed by atoms with Crippen molar-refractivity contribution in [3.8, 4) is 5.75 Å². The fourth-order valence-electron chi connectivity index (χ4n) is 1.73. The number of benzene rings is 1. The molecule has 2 aliphatic rings. The Balaban J connectivity index is 2.04. The highest BCUT2D eigenvalue weighted by molar-refractivity contribution is 8.04. The second-order valence-corrected chi connectivity index (χ2v) is 4.68. The van der Waals surface area contributed by atoms with E-state index in [1.54, 1.807) is 18.2 Å². The summed E-state index contributed by atoms with van der Waals surface area (Å²) >= 11 is 1.39. The Kier molecular flexibility index (Phi) is 2.15. The average Bonchev–Trinajstić information content (AvgIpc) is 2.28. The molecule has 16 heavy (non-hydrogen) atoms. The van der Waals surface area contributed by atoms with Crippen LogP contribution in [0, 0.1) is 0 Å². The number of phenols is 1. The molecule has 0 aliphatic carbocycles. The fourth-order valence-corrected chi connectivity index (χ4v) is 2.76. The zero-order chi connectivity index (χ0) is 11.1.